The van der Waals surface area contributed by atoms with E-state index in [-0.39, 0.29) is 16.1 Å². The summed E-state index contributed by atoms with van der Waals surface area (Å²) in [4.78, 5) is 3.88. The largest absolute Gasteiger partial charge is 0.391 e. The molecule has 0 radical (unpaired) electrons. The summed E-state index contributed by atoms with van der Waals surface area (Å²) in [6, 6.07) is 2.36. The molecule has 1 aliphatic carbocycles. The molecule has 106 valence electrons. The quantitative estimate of drug-likeness (QED) is 0.862. The van der Waals surface area contributed by atoms with Crippen molar-refractivity contribution in [3.8, 4) is 0 Å². The molecular formula is C12H17ClN2O3S. The van der Waals surface area contributed by atoms with Gasteiger partial charge in [-0.3, -0.25) is 0 Å². The molecule has 0 spiro atoms. The summed E-state index contributed by atoms with van der Waals surface area (Å²) in [6.07, 6.45) is 3.94. The van der Waals surface area contributed by atoms with Crippen molar-refractivity contribution in [2.24, 2.45) is 0 Å². The van der Waals surface area contributed by atoms with E-state index in [1.807, 2.05) is 0 Å². The zero-order valence-corrected chi connectivity index (χ0v) is 12.2. The minimum atomic E-state index is -3.65. The Hall–Kier alpha value is -0.690. The number of hydrogen-bond donors (Lipinski definition) is 1. The summed E-state index contributed by atoms with van der Waals surface area (Å²) in [5.41, 5.74) is 0. The third kappa shape index (κ3) is 3.08. The summed E-state index contributed by atoms with van der Waals surface area (Å²) >= 11 is 5.73. The first kappa shape index (κ1) is 14.7. The molecule has 0 saturated heterocycles. The van der Waals surface area contributed by atoms with Crippen LogP contribution in [0.4, 0.5) is 0 Å². The van der Waals surface area contributed by atoms with Crippen LogP contribution < -0.4 is 0 Å². The zero-order valence-electron chi connectivity index (χ0n) is 10.7. The van der Waals surface area contributed by atoms with Gasteiger partial charge in [0, 0.05) is 13.2 Å². The lowest BCUT2D eigenvalue weighted by molar-refractivity contribution is 0.0638. The molecule has 2 rings (SSSR count). The lowest BCUT2D eigenvalue weighted by Crippen LogP contribution is -2.46. The number of rotatable bonds is 3. The van der Waals surface area contributed by atoms with Crippen molar-refractivity contribution in [2.45, 2.75) is 42.7 Å². The monoisotopic (exact) mass is 304 g/mol. The van der Waals surface area contributed by atoms with Gasteiger partial charge in [0.1, 0.15) is 5.15 Å². The van der Waals surface area contributed by atoms with E-state index in [0.29, 0.717) is 12.8 Å². The van der Waals surface area contributed by atoms with E-state index in [1.54, 1.807) is 0 Å². The van der Waals surface area contributed by atoms with Crippen LogP contribution in [0.1, 0.15) is 25.7 Å². The van der Waals surface area contributed by atoms with Gasteiger partial charge >= 0.3 is 0 Å². The van der Waals surface area contributed by atoms with Crippen molar-refractivity contribution in [1.29, 1.82) is 0 Å². The standard InChI is InChI=1S/C12H17ClN2O3S/c1-15(10-4-2-3-5-11(10)16)19(17,18)9-6-7-14-12(13)8-9/h6-8,10-11,16H,2-5H2,1H3. The topological polar surface area (TPSA) is 70.5 Å². The summed E-state index contributed by atoms with van der Waals surface area (Å²) < 4.78 is 26.2. The van der Waals surface area contributed by atoms with Crippen LogP contribution in [0.3, 0.4) is 0 Å². The van der Waals surface area contributed by atoms with Crippen molar-refractivity contribution < 1.29 is 13.5 Å². The van der Waals surface area contributed by atoms with Gasteiger partial charge in [0.15, 0.2) is 0 Å². The normalized spacial score (nSPS) is 24.6. The number of nitrogens with zero attached hydrogens (tertiary/aromatic N) is 2. The zero-order chi connectivity index (χ0) is 14.0. The van der Waals surface area contributed by atoms with E-state index in [2.05, 4.69) is 4.98 Å². The first-order valence-electron chi connectivity index (χ1n) is 6.20. The van der Waals surface area contributed by atoms with Crippen molar-refractivity contribution in [2.75, 3.05) is 7.05 Å². The maximum absolute atomic E-state index is 12.5. The van der Waals surface area contributed by atoms with Crippen molar-refractivity contribution in [3.63, 3.8) is 0 Å². The third-order valence-corrected chi connectivity index (χ3v) is 5.62. The van der Waals surface area contributed by atoms with Crippen LogP contribution in [0.15, 0.2) is 23.2 Å². The lowest BCUT2D eigenvalue weighted by Gasteiger charge is -2.34. The number of pyridine rings is 1. The van der Waals surface area contributed by atoms with Crippen molar-refractivity contribution in [1.82, 2.24) is 9.29 Å². The van der Waals surface area contributed by atoms with E-state index in [4.69, 9.17) is 11.6 Å². The van der Waals surface area contributed by atoms with Crippen LogP contribution in [0, 0.1) is 0 Å². The summed E-state index contributed by atoms with van der Waals surface area (Å²) in [5.74, 6) is 0. The second kappa shape index (κ2) is 5.75. The van der Waals surface area contributed by atoms with Gasteiger partial charge in [-0.15, -0.1) is 0 Å². The predicted octanol–water partition coefficient (Wildman–Crippen LogP) is 1.66. The molecule has 1 fully saturated rings. The summed E-state index contributed by atoms with van der Waals surface area (Å²) in [6.45, 7) is 0. The van der Waals surface area contributed by atoms with Crippen LogP contribution in [0.5, 0.6) is 0 Å². The molecule has 1 saturated carbocycles. The van der Waals surface area contributed by atoms with E-state index in [1.165, 1.54) is 29.7 Å². The van der Waals surface area contributed by atoms with Gasteiger partial charge in [0.2, 0.25) is 10.0 Å². The molecule has 0 bridgehead atoms. The smallest absolute Gasteiger partial charge is 0.243 e. The molecule has 1 aromatic rings. The van der Waals surface area contributed by atoms with Gasteiger partial charge in [-0.1, -0.05) is 24.4 Å². The van der Waals surface area contributed by atoms with Gasteiger partial charge < -0.3 is 5.11 Å². The summed E-state index contributed by atoms with van der Waals surface area (Å²) in [7, 11) is -2.14. The second-order valence-electron chi connectivity index (χ2n) is 4.75. The fraction of sp³-hybridized carbons (Fsp3) is 0.583. The van der Waals surface area contributed by atoms with Crippen LogP contribution in [-0.4, -0.2) is 42.0 Å². The molecule has 0 amide bonds. The number of aliphatic hydroxyl groups excluding tert-OH is 1. The highest BCUT2D eigenvalue weighted by Crippen LogP contribution is 2.27. The number of hydrogen-bond acceptors (Lipinski definition) is 4. The molecule has 1 aliphatic rings. The molecule has 0 aliphatic heterocycles. The van der Waals surface area contributed by atoms with Crippen molar-refractivity contribution in [3.05, 3.63) is 23.5 Å². The average Bonchev–Trinajstić information content (AvgIpc) is 2.38. The molecule has 2 atom stereocenters. The average molecular weight is 305 g/mol. The molecular weight excluding hydrogens is 288 g/mol. The van der Waals surface area contributed by atoms with E-state index < -0.39 is 16.1 Å². The SMILES string of the molecule is CN(C1CCCCC1O)S(=O)(=O)c1ccnc(Cl)c1. The Kier molecular flexibility index (Phi) is 4.45. The summed E-state index contributed by atoms with van der Waals surface area (Å²) in [5, 5.41) is 10.1. The Labute approximate surface area is 118 Å². The minimum absolute atomic E-state index is 0.104. The number of aliphatic hydroxyl groups is 1. The highest BCUT2D eigenvalue weighted by Gasteiger charge is 2.34. The molecule has 7 heteroatoms. The molecule has 1 N–H and O–H groups in total. The number of aromatic nitrogens is 1. The highest BCUT2D eigenvalue weighted by atomic mass is 35.5. The molecule has 5 nitrogen and oxygen atoms in total. The maximum atomic E-state index is 12.5. The van der Waals surface area contributed by atoms with E-state index in [0.717, 1.165) is 12.8 Å². The Morgan fingerprint density at radius 3 is 2.74 bits per heavy atom. The molecule has 2 unspecified atom stereocenters. The first-order valence-corrected chi connectivity index (χ1v) is 8.02. The Balaban J connectivity index is 2.28. The van der Waals surface area contributed by atoms with E-state index >= 15 is 0 Å². The van der Waals surface area contributed by atoms with Crippen LogP contribution in [-0.2, 0) is 10.0 Å². The maximum Gasteiger partial charge on any atom is 0.243 e. The van der Waals surface area contributed by atoms with Gasteiger partial charge in [0.05, 0.1) is 17.0 Å². The van der Waals surface area contributed by atoms with Gasteiger partial charge in [-0.25, -0.2) is 13.4 Å². The number of likely N-dealkylation sites (N-methyl/N-ethyl adjacent to an activating group) is 1. The predicted molar refractivity (Wildman–Crippen MR) is 72.5 cm³/mol. The fourth-order valence-corrected chi connectivity index (χ4v) is 4.07. The molecule has 0 aromatic carbocycles. The van der Waals surface area contributed by atoms with E-state index in [9.17, 15) is 13.5 Å². The Morgan fingerprint density at radius 2 is 2.11 bits per heavy atom. The van der Waals surface area contributed by atoms with Crippen LogP contribution >= 0.6 is 11.6 Å². The Bertz CT molecular complexity index is 550. The van der Waals surface area contributed by atoms with Crippen molar-refractivity contribution >= 4 is 21.6 Å². The Morgan fingerprint density at radius 1 is 1.42 bits per heavy atom. The first-order chi connectivity index (χ1) is 8.93. The molecule has 1 aromatic heterocycles. The van der Waals surface area contributed by atoms with Crippen LogP contribution in [0.25, 0.3) is 0 Å². The third-order valence-electron chi connectivity index (χ3n) is 3.54. The minimum Gasteiger partial charge on any atom is -0.391 e. The molecule has 19 heavy (non-hydrogen) atoms. The number of halogens is 1. The second-order valence-corrected chi connectivity index (χ2v) is 7.14. The van der Waals surface area contributed by atoms with Gasteiger partial charge in [-0.2, -0.15) is 4.31 Å². The lowest BCUT2D eigenvalue weighted by atomic mass is 9.93. The highest BCUT2D eigenvalue weighted by molar-refractivity contribution is 7.89. The van der Waals surface area contributed by atoms with Gasteiger partial charge in [-0.05, 0) is 25.0 Å². The molecule has 1 heterocycles. The number of sulfonamides is 1. The fourth-order valence-electron chi connectivity index (χ4n) is 2.41. The van der Waals surface area contributed by atoms with Crippen LogP contribution in [0.2, 0.25) is 5.15 Å². The van der Waals surface area contributed by atoms with Gasteiger partial charge in [0.25, 0.3) is 0 Å².